The number of hydrogen-bond acceptors (Lipinski definition) is 4. The van der Waals surface area contributed by atoms with E-state index < -0.39 is 4.92 Å². The molecule has 1 N–H and O–H groups in total. The highest BCUT2D eigenvalue weighted by Gasteiger charge is 2.11. The summed E-state index contributed by atoms with van der Waals surface area (Å²) in [6, 6.07) is 5.17. The third kappa shape index (κ3) is 4.00. The van der Waals surface area contributed by atoms with E-state index >= 15 is 0 Å². The number of benzene rings is 1. The topological polar surface area (TPSA) is 64.4 Å². The fourth-order valence-electron chi connectivity index (χ4n) is 1.48. The maximum atomic E-state index is 10.8. The Bertz CT molecular complexity index is 419. The lowest BCUT2D eigenvalue weighted by Crippen LogP contribution is -2.30. The molecular weight excluding hydrogens is 232 g/mol. The van der Waals surface area contributed by atoms with Crippen molar-refractivity contribution < 1.29 is 9.66 Å². The molecule has 1 aromatic carbocycles. The van der Waals surface area contributed by atoms with Gasteiger partial charge in [-0.25, -0.2) is 0 Å². The van der Waals surface area contributed by atoms with Crippen molar-refractivity contribution in [3.8, 4) is 5.75 Å². The Morgan fingerprint density at radius 3 is 2.50 bits per heavy atom. The van der Waals surface area contributed by atoms with E-state index in [1.165, 1.54) is 13.2 Å². The zero-order valence-electron chi connectivity index (χ0n) is 11.3. The Labute approximate surface area is 107 Å². The molecule has 0 heterocycles. The van der Waals surface area contributed by atoms with Crippen molar-refractivity contribution in [1.29, 1.82) is 0 Å². The van der Waals surface area contributed by atoms with Crippen molar-refractivity contribution in [3.05, 3.63) is 33.9 Å². The lowest BCUT2D eigenvalue weighted by Gasteiger charge is -2.17. The summed E-state index contributed by atoms with van der Waals surface area (Å²) in [5.41, 5.74) is 0.914. The number of rotatable bonds is 6. The maximum Gasteiger partial charge on any atom is 0.273 e. The van der Waals surface area contributed by atoms with Gasteiger partial charge in [-0.05, 0) is 24.5 Å². The van der Waals surface area contributed by atoms with Crippen LogP contribution in [0.4, 0.5) is 5.69 Å². The molecule has 1 unspecified atom stereocenters. The molecule has 5 heteroatoms. The van der Waals surface area contributed by atoms with E-state index in [1.807, 2.05) is 6.07 Å². The lowest BCUT2D eigenvalue weighted by molar-refractivity contribution is -0.385. The second kappa shape index (κ2) is 6.35. The van der Waals surface area contributed by atoms with Gasteiger partial charge in [-0.3, -0.25) is 10.1 Å². The summed E-state index contributed by atoms with van der Waals surface area (Å²) in [4.78, 5) is 10.4. The van der Waals surface area contributed by atoms with Crippen molar-refractivity contribution in [2.24, 2.45) is 5.92 Å². The van der Waals surface area contributed by atoms with Crippen molar-refractivity contribution in [1.82, 2.24) is 5.32 Å². The van der Waals surface area contributed by atoms with E-state index in [9.17, 15) is 10.1 Å². The van der Waals surface area contributed by atoms with Crippen LogP contribution in [0, 0.1) is 16.0 Å². The molecule has 0 amide bonds. The van der Waals surface area contributed by atoms with Gasteiger partial charge in [0.25, 0.3) is 5.69 Å². The highest BCUT2D eigenvalue weighted by molar-refractivity contribution is 5.42. The molecule has 100 valence electrons. The van der Waals surface area contributed by atoms with E-state index in [4.69, 9.17) is 4.74 Å². The molecule has 0 radical (unpaired) electrons. The van der Waals surface area contributed by atoms with Crippen LogP contribution in [0.5, 0.6) is 5.75 Å². The normalized spacial score (nSPS) is 12.5. The van der Waals surface area contributed by atoms with Crippen molar-refractivity contribution in [2.45, 2.75) is 33.4 Å². The number of nitrogens with one attached hydrogen (secondary N) is 1. The van der Waals surface area contributed by atoms with Gasteiger partial charge in [-0.1, -0.05) is 13.8 Å². The fraction of sp³-hybridized carbons (Fsp3) is 0.538. The first-order valence-electron chi connectivity index (χ1n) is 5.99. The molecule has 5 nitrogen and oxygen atoms in total. The van der Waals surface area contributed by atoms with Crippen LogP contribution in [-0.4, -0.2) is 18.1 Å². The van der Waals surface area contributed by atoms with Gasteiger partial charge >= 0.3 is 0 Å². The highest BCUT2D eigenvalue weighted by Crippen LogP contribution is 2.22. The smallest absolute Gasteiger partial charge is 0.273 e. The van der Waals surface area contributed by atoms with Gasteiger partial charge in [-0.2, -0.15) is 0 Å². The van der Waals surface area contributed by atoms with Crippen LogP contribution in [-0.2, 0) is 6.54 Å². The first-order valence-corrected chi connectivity index (χ1v) is 5.99. The zero-order chi connectivity index (χ0) is 13.7. The van der Waals surface area contributed by atoms with Crippen LogP contribution in [0.2, 0.25) is 0 Å². The van der Waals surface area contributed by atoms with Gasteiger partial charge in [-0.15, -0.1) is 0 Å². The Morgan fingerprint density at radius 1 is 1.33 bits per heavy atom. The van der Waals surface area contributed by atoms with Gasteiger partial charge in [0.05, 0.1) is 18.1 Å². The molecule has 0 aliphatic heterocycles. The number of nitro benzene ring substituents is 1. The Hall–Kier alpha value is -1.62. The second-order valence-electron chi connectivity index (χ2n) is 4.71. The Kier molecular flexibility index (Phi) is 5.09. The Balaban J connectivity index is 2.81. The summed E-state index contributed by atoms with van der Waals surface area (Å²) in [7, 11) is 1.51. The average Bonchev–Trinajstić information content (AvgIpc) is 2.35. The number of methoxy groups -OCH3 is 1. The van der Waals surface area contributed by atoms with Gasteiger partial charge < -0.3 is 10.1 Å². The van der Waals surface area contributed by atoms with Gasteiger partial charge in [0.15, 0.2) is 0 Å². The molecule has 0 saturated heterocycles. The number of nitro groups is 1. The molecule has 0 aliphatic rings. The van der Waals surface area contributed by atoms with E-state index in [1.54, 1.807) is 6.07 Å². The van der Waals surface area contributed by atoms with E-state index in [2.05, 4.69) is 26.1 Å². The van der Waals surface area contributed by atoms with Crippen molar-refractivity contribution in [3.63, 3.8) is 0 Å². The van der Waals surface area contributed by atoms with Crippen LogP contribution in [0.3, 0.4) is 0 Å². The molecule has 0 bridgehead atoms. The quantitative estimate of drug-likeness (QED) is 0.624. The monoisotopic (exact) mass is 252 g/mol. The third-order valence-corrected chi connectivity index (χ3v) is 3.03. The second-order valence-corrected chi connectivity index (χ2v) is 4.71. The average molecular weight is 252 g/mol. The largest absolute Gasteiger partial charge is 0.496 e. The summed E-state index contributed by atoms with van der Waals surface area (Å²) in [6.45, 7) is 6.95. The molecule has 0 aromatic heterocycles. The summed E-state index contributed by atoms with van der Waals surface area (Å²) >= 11 is 0. The molecule has 1 rings (SSSR count). The van der Waals surface area contributed by atoms with Crippen LogP contribution in [0.15, 0.2) is 18.2 Å². The van der Waals surface area contributed by atoms with Gasteiger partial charge in [0.2, 0.25) is 0 Å². The summed E-state index contributed by atoms with van der Waals surface area (Å²) in [5.74, 6) is 1.03. The summed E-state index contributed by atoms with van der Waals surface area (Å²) < 4.78 is 5.07. The molecular formula is C13H20N2O3. The molecule has 1 atom stereocenters. The van der Waals surface area contributed by atoms with Crippen LogP contribution in [0.25, 0.3) is 0 Å². The Morgan fingerprint density at radius 2 is 2.00 bits per heavy atom. The van der Waals surface area contributed by atoms with Crippen LogP contribution < -0.4 is 10.1 Å². The predicted octanol–water partition coefficient (Wildman–Crippen LogP) is 2.74. The van der Waals surface area contributed by atoms with Gasteiger partial charge in [0.1, 0.15) is 5.75 Å². The molecule has 0 spiro atoms. The van der Waals surface area contributed by atoms with Crippen molar-refractivity contribution in [2.75, 3.05) is 7.11 Å². The number of hydrogen-bond donors (Lipinski definition) is 1. The SMILES string of the molecule is COc1cc(CNC(C)C(C)C)cc([N+](=O)[O-])c1. The standard InChI is InChI=1S/C13H20N2O3/c1-9(2)10(3)14-8-11-5-12(15(16)17)7-13(6-11)18-4/h5-7,9-10,14H,8H2,1-4H3. The maximum absolute atomic E-state index is 10.8. The first kappa shape index (κ1) is 14.4. The van der Waals surface area contributed by atoms with E-state index in [-0.39, 0.29) is 5.69 Å². The van der Waals surface area contributed by atoms with Crippen LogP contribution in [0.1, 0.15) is 26.3 Å². The minimum atomic E-state index is -0.405. The van der Waals surface area contributed by atoms with Crippen molar-refractivity contribution >= 4 is 5.69 Å². The van der Waals surface area contributed by atoms with E-state index in [0.29, 0.717) is 24.3 Å². The molecule has 18 heavy (non-hydrogen) atoms. The number of nitrogens with zero attached hydrogens (tertiary/aromatic N) is 1. The zero-order valence-corrected chi connectivity index (χ0v) is 11.3. The molecule has 1 aromatic rings. The molecule has 0 fully saturated rings. The van der Waals surface area contributed by atoms with Gasteiger partial charge in [0, 0.05) is 18.7 Å². The number of ether oxygens (including phenoxy) is 1. The summed E-state index contributed by atoms with van der Waals surface area (Å²) in [6.07, 6.45) is 0. The highest BCUT2D eigenvalue weighted by atomic mass is 16.6. The predicted molar refractivity (Wildman–Crippen MR) is 70.8 cm³/mol. The van der Waals surface area contributed by atoms with Crippen LogP contribution >= 0.6 is 0 Å². The van der Waals surface area contributed by atoms with E-state index in [0.717, 1.165) is 5.56 Å². The first-order chi connectivity index (χ1) is 8.43. The molecule has 0 saturated carbocycles. The minimum absolute atomic E-state index is 0.0587. The fourth-order valence-corrected chi connectivity index (χ4v) is 1.48. The minimum Gasteiger partial charge on any atom is -0.496 e. The lowest BCUT2D eigenvalue weighted by atomic mass is 10.1. The number of non-ortho nitro benzene ring substituents is 1. The molecule has 0 aliphatic carbocycles. The third-order valence-electron chi connectivity index (χ3n) is 3.03. The summed E-state index contributed by atoms with van der Waals surface area (Å²) in [5, 5.41) is 14.1.